The Kier molecular flexibility index (Phi) is 6.65. The van der Waals surface area contributed by atoms with Crippen molar-refractivity contribution < 1.29 is 20.1 Å². The molecule has 3 N–H and O–H groups in total. The van der Waals surface area contributed by atoms with Crippen LogP contribution in [0.2, 0.25) is 0 Å². The zero-order chi connectivity index (χ0) is 19.4. The monoisotopic (exact) mass is 358 g/mol. The lowest BCUT2D eigenvalue weighted by molar-refractivity contribution is -0.149. The molecule has 0 aliphatic heterocycles. The molecule has 0 bridgehead atoms. The minimum absolute atomic E-state index is 0.102. The van der Waals surface area contributed by atoms with Crippen LogP contribution in [0, 0.1) is 11.8 Å². The van der Waals surface area contributed by atoms with E-state index in [2.05, 4.69) is 13.5 Å². The Morgan fingerprint density at radius 1 is 1.23 bits per heavy atom. The second kappa shape index (κ2) is 8.54. The number of carboxylic acids is 1. The van der Waals surface area contributed by atoms with Crippen LogP contribution in [0.25, 0.3) is 5.57 Å². The molecule has 4 atom stereocenters. The van der Waals surface area contributed by atoms with Gasteiger partial charge in [0, 0.05) is 0 Å². The second-order valence-electron chi connectivity index (χ2n) is 7.37. The van der Waals surface area contributed by atoms with E-state index in [1.54, 1.807) is 6.92 Å². The van der Waals surface area contributed by atoms with Crippen LogP contribution in [0.5, 0.6) is 0 Å². The van der Waals surface area contributed by atoms with Gasteiger partial charge in [-0.2, -0.15) is 0 Å². The third-order valence-electron chi connectivity index (χ3n) is 5.56. The van der Waals surface area contributed by atoms with Gasteiger partial charge in [0.25, 0.3) is 0 Å². The van der Waals surface area contributed by atoms with E-state index < -0.39 is 23.9 Å². The minimum Gasteiger partial charge on any atom is -0.512 e. The molecule has 0 saturated heterocycles. The normalized spacial score (nSPS) is 26.0. The molecule has 4 nitrogen and oxygen atoms in total. The molecule has 1 aliphatic rings. The number of aliphatic hydroxyl groups excluding tert-OH is 2. The Bertz CT molecular complexity index is 704. The molecule has 0 radical (unpaired) electrons. The number of allylic oxidation sites excluding steroid dienone is 2. The van der Waals surface area contributed by atoms with Gasteiger partial charge in [-0.25, -0.2) is 0 Å². The zero-order valence-corrected chi connectivity index (χ0v) is 15.9. The molecule has 2 rings (SSSR count). The predicted molar refractivity (Wildman–Crippen MR) is 104 cm³/mol. The number of hydrogen-bond acceptors (Lipinski definition) is 3. The van der Waals surface area contributed by atoms with Crippen LogP contribution >= 0.6 is 0 Å². The van der Waals surface area contributed by atoms with E-state index in [0.29, 0.717) is 12.0 Å². The summed E-state index contributed by atoms with van der Waals surface area (Å²) in [7, 11) is 0. The van der Waals surface area contributed by atoms with E-state index in [4.69, 9.17) is 0 Å². The fourth-order valence-electron chi connectivity index (χ4n) is 4.13. The Morgan fingerprint density at radius 2 is 1.88 bits per heavy atom. The summed E-state index contributed by atoms with van der Waals surface area (Å²) in [5.41, 5.74) is 3.06. The van der Waals surface area contributed by atoms with Gasteiger partial charge in [0.15, 0.2) is 0 Å². The first-order chi connectivity index (χ1) is 12.3. The number of carbonyl (C=O) groups is 1. The second-order valence-corrected chi connectivity index (χ2v) is 7.37. The summed E-state index contributed by atoms with van der Waals surface area (Å²) in [5, 5.41) is 31.7. The lowest BCUT2D eigenvalue weighted by Crippen LogP contribution is -2.44. The molecule has 0 amide bonds. The van der Waals surface area contributed by atoms with Crippen molar-refractivity contribution in [3.63, 3.8) is 0 Å². The average Bonchev–Trinajstić information content (AvgIpc) is 2.59. The highest BCUT2D eigenvalue weighted by atomic mass is 16.4. The minimum atomic E-state index is -1.18. The van der Waals surface area contributed by atoms with Crippen molar-refractivity contribution in [1.82, 2.24) is 0 Å². The fraction of sp³-hybridized carbons (Fsp3) is 0.500. The van der Waals surface area contributed by atoms with Gasteiger partial charge in [-0.1, -0.05) is 62.6 Å². The van der Waals surface area contributed by atoms with E-state index in [9.17, 15) is 20.1 Å². The van der Waals surface area contributed by atoms with Crippen molar-refractivity contribution in [3.05, 3.63) is 53.3 Å². The van der Waals surface area contributed by atoms with Gasteiger partial charge < -0.3 is 15.3 Å². The number of aliphatic carboxylic acids is 1. The van der Waals surface area contributed by atoms with Crippen molar-refractivity contribution in [3.8, 4) is 0 Å². The van der Waals surface area contributed by atoms with Crippen LogP contribution in [0.3, 0.4) is 0 Å². The lowest BCUT2D eigenvalue weighted by atomic mass is 9.67. The van der Waals surface area contributed by atoms with Gasteiger partial charge in [0.2, 0.25) is 0 Å². The van der Waals surface area contributed by atoms with Crippen LogP contribution in [-0.2, 0) is 4.79 Å². The van der Waals surface area contributed by atoms with E-state index in [-0.39, 0.29) is 11.7 Å². The molecule has 1 aromatic rings. The highest BCUT2D eigenvalue weighted by Crippen LogP contribution is 2.46. The van der Waals surface area contributed by atoms with E-state index in [1.807, 2.05) is 31.2 Å². The number of unbranched alkanes of at least 4 members (excludes halogenated alkanes) is 2. The fourth-order valence-corrected chi connectivity index (χ4v) is 4.13. The largest absolute Gasteiger partial charge is 0.512 e. The number of carboxylic acid groups (broad SMARTS) is 1. The molecule has 0 fully saturated rings. The molecule has 0 heterocycles. The van der Waals surface area contributed by atoms with E-state index in [1.165, 1.54) is 0 Å². The zero-order valence-electron chi connectivity index (χ0n) is 15.9. The molecule has 4 unspecified atom stereocenters. The van der Waals surface area contributed by atoms with Crippen molar-refractivity contribution in [2.75, 3.05) is 0 Å². The van der Waals surface area contributed by atoms with Crippen LogP contribution in [-0.4, -0.2) is 27.4 Å². The maximum absolute atomic E-state index is 12.0. The first kappa shape index (κ1) is 20.2. The molecule has 1 aromatic carbocycles. The Balaban J connectivity index is 2.52. The van der Waals surface area contributed by atoms with Gasteiger partial charge in [-0.3, -0.25) is 4.79 Å². The van der Waals surface area contributed by atoms with Gasteiger partial charge in [-0.05, 0) is 42.9 Å². The highest BCUT2D eigenvalue weighted by Gasteiger charge is 2.46. The Morgan fingerprint density at radius 3 is 2.46 bits per heavy atom. The third kappa shape index (κ3) is 3.85. The quantitative estimate of drug-likeness (QED) is 0.605. The van der Waals surface area contributed by atoms with E-state index in [0.717, 1.165) is 36.0 Å². The first-order valence-corrected chi connectivity index (χ1v) is 9.36. The van der Waals surface area contributed by atoms with Crippen molar-refractivity contribution >= 4 is 11.5 Å². The SMILES string of the molecule is C=C(C)c1ccccc1C1C(O)=C(C)C(CCCCC)C(C(=O)O)C1O. The Hall–Kier alpha value is -2.07. The van der Waals surface area contributed by atoms with Crippen molar-refractivity contribution in [2.24, 2.45) is 11.8 Å². The summed E-state index contributed by atoms with van der Waals surface area (Å²) in [6, 6.07) is 7.42. The van der Waals surface area contributed by atoms with Crippen molar-refractivity contribution in [1.29, 1.82) is 0 Å². The number of benzene rings is 1. The summed E-state index contributed by atoms with van der Waals surface area (Å²) in [6.45, 7) is 9.73. The standard InChI is InChI=1S/C22H30O4/c1-5-6-7-11-16-14(4)20(23)18(21(24)19(16)22(25)26)17-12-9-8-10-15(17)13(2)3/h8-10,12,16,18-19,21,23-24H,2,5-7,11H2,1,3-4H3,(H,25,26). The van der Waals surface area contributed by atoms with Crippen molar-refractivity contribution in [2.45, 2.75) is 58.5 Å². The number of rotatable bonds is 7. The number of aliphatic hydroxyl groups is 2. The first-order valence-electron chi connectivity index (χ1n) is 9.36. The van der Waals surface area contributed by atoms with Gasteiger partial charge in [0.05, 0.1) is 17.9 Å². The summed E-state index contributed by atoms with van der Waals surface area (Å²) in [4.78, 5) is 12.0. The third-order valence-corrected chi connectivity index (χ3v) is 5.56. The van der Waals surface area contributed by atoms with Crippen LogP contribution in [0.1, 0.15) is 63.5 Å². The van der Waals surface area contributed by atoms with Gasteiger partial charge in [-0.15, -0.1) is 0 Å². The molecule has 1 aliphatic carbocycles. The molecule has 0 aromatic heterocycles. The maximum atomic E-state index is 12.0. The summed E-state index contributed by atoms with van der Waals surface area (Å²) in [6.07, 6.45) is 2.41. The summed E-state index contributed by atoms with van der Waals surface area (Å²) >= 11 is 0. The molecule has 142 valence electrons. The highest BCUT2D eigenvalue weighted by molar-refractivity contribution is 5.73. The average molecular weight is 358 g/mol. The number of hydrogen-bond donors (Lipinski definition) is 3. The van der Waals surface area contributed by atoms with Crippen LogP contribution < -0.4 is 0 Å². The van der Waals surface area contributed by atoms with Crippen LogP contribution in [0.15, 0.2) is 42.2 Å². The summed E-state index contributed by atoms with van der Waals surface area (Å²) in [5.74, 6) is -2.92. The van der Waals surface area contributed by atoms with Gasteiger partial charge in [0.1, 0.15) is 5.76 Å². The molecule has 26 heavy (non-hydrogen) atoms. The molecular formula is C22H30O4. The maximum Gasteiger partial charge on any atom is 0.309 e. The molecule has 0 saturated carbocycles. The predicted octanol–water partition coefficient (Wildman–Crippen LogP) is 4.91. The topological polar surface area (TPSA) is 77.8 Å². The molecular weight excluding hydrogens is 328 g/mol. The van der Waals surface area contributed by atoms with E-state index >= 15 is 0 Å². The van der Waals surface area contributed by atoms with Crippen LogP contribution in [0.4, 0.5) is 0 Å². The lowest BCUT2D eigenvalue weighted by Gasteiger charge is -2.39. The summed E-state index contributed by atoms with van der Waals surface area (Å²) < 4.78 is 0. The smallest absolute Gasteiger partial charge is 0.309 e. The van der Waals surface area contributed by atoms with Gasteiger partial charge >= 0.3 is 5.97 Å². The molecule has 4 heteroatoms. The Labute approximate surface area is 155 Å². The molecule has 0 spiro atoms.